The molecular weight excluding hydrogens is 268 g/mol. The van der Waals surface area contributed by atoms with Crippen LogP contribution in [0.15, 0.2) is 18.2 Å². The van der Waals surface area contributed by atoms with Crippen LogP contribution in [0.1, 0.15) is 43.2 Å². The molecule has 1 amide bonds. The van der Waals surface area contributed by atoms with Crippen LogP contribution in [0.25, 0.3) is 0 Å². The zero-order valence-electron chi connectivity index (χ0n) is 12.2. The summed E-state index contributed by atoms with van der Waals surface area (Å²) in [6.45, 7) is 4.03. The van der Waals surface area contributed by atoms with Crippen LogP contribution in [0.4, 0.5) is 5.69 Å². The number of rotatable bonds is 2. The van der Waals surface area contributed by atoms with E-state index in [4.69, 9.17) is 12.2 Å². The molecule has 108 valence electrons. The van der Waals surface area contributed by atoms with Gasteiger partial charge in [-0.1, -0.05) is 43.6 Å². The number of nitrogens with one attached hydrogen (secondary N) is 2. The molecule has 0 bridgehead atoms. The monoisotopic (exact) mass is 290 g/mol. The molecule has 1 aromatic rings. The molecule has 3 nitrogen and oxygen atoms in total. The Morgan fingerprint density at radius 2 is 1.90 bits per heavy atom. The van der Waals surface area contributed by atoms with Gasteiger partial charge in [0.25, 0.3) is 5.91 Å². The lowest BCUT2D eigenvalue weighted by atomic mass is 9.95. The second-order valence-corrected chi connectivity index (χ2v) is 5.92. The summed E-state index contributed by atoms with van der Waals surface area (Å²) in [5, 5.41) is 6.09. The van der Waals surface area contributed by atoms with Crippen LogP contribution in [-0.2, 0) is 4.79 Å². The van der Waals surface area contributed by atoms with E-state index < -0.39 is 0 Å². The summed E-state index contributed by atoms with van der Waals surface area (Å²) in [6.07, 6.45) is 5.95. The molecule has 2 rings (SSSR count). The van der Waals surface area contributed by atoms with Crippen LogP contribution >= 0.6 is 12.2 Å². The molecule has 1 aromatic carbocycles. The number of hydrogen-bond donors (Lipinski definition) is 2. The predicted molar refractivity (Wildman–Crippen MR) is 87.2 cm³/mol. The molecule has 0 atom stereocenters. The van der Waals surface area contributed by atoms with E-state index in [-0.39, 0.29) is 5.91 Å². The van der Waals surface area contributed by atoms with Crippen LogP contribution in [0, 0.1) is 13.8 Å². The van der Waals surface area contributed by atoms with Crippen molar-refractivity contribution < 1.29 is 4.79 Å². The highest BCUT2D eigenvalue weighted by Gasteiger charge is 2.18. The van der Waals surface area contributed by atoms with E-state index in [0.717, 1.165) is 29.7 Å². The molecule has 4 heteroatoms. The number of hydrogen-bond acceptors (Lipinski definition) is 2. The molecule has 2 N–H and O–H groups in total. The summed E-state index contributed by atoms with van der Waals surface area (Å²) in [6, 6.07) is 6.24. The number of anilines is 1. The van der Waals surface area contributed by atoms with Crippen LogP contribution in [0.2, 0.25) is 0 Å². The normalized spacial score (nSPS) is 15.7. The Morgan fingerprint density at radius 1 is 1.20 bits per heavy atom. The molecule has 0 saturated heterocycles. The van der Waals surface area contributed by atoms with Crippen molar-refractivity contribution in [1.29, 1.82) is 0 Å². The molecule has 0 unspecified atom stereocenters. The third-order valence-corrected chi connectivity index (χ3v) is 4.30. The second-order valence-electron chi connectivity index (χ2n) is 5.51. The van der Waals surface area contributed by atoms with E-state index in [1.54, 1.807) is 0 Å². The van der Waals surface area contributed by atoms with Crippen molar-refractivity contribution >= 4 is 28.8 Å². The molecule has 0 aliphatic heterocycles. The fourth-order valence-electron chi connectivity index (χ4n) is 2.56. The summed E-state index contributed by atoms with van der Waals surface area (Å²) in [5.41, 5.74) is 3.08. The van der Waals surface area contributed by atoms with Gasteiger partial charge in [0.15, 0.2) is 4.99 Å². The first kappa shape index (κ1) is 15.0. The van der Waals surface area contributed by atoms with Gasteiger partial charge in [-0.25, -0.2) is 0 Å². The van der Waals surface area contributed by atoms with Crippen molar-refractivity contribution in [1.82, 2.24) is 5.32 Å². The lowest BCUT2D eigenvalue weighted by molar-refractivity contribution is -0.110. The van der Waals surface area contributed by atoms with Crippen molar-refractivity contribution in [2.75, 3.05) is 5.32 Å². The molecule has 0 radical (unpaired) electrons. The van der Waals surface area contributed by atoms with Gasteiger partial charge in [0.1, 0.15) is 0 Å². The quantitative estimate of drug-likeness (QED) is 0.819. The van der Waals surface area contributed by atoms with Gasteiger partial charge in [-0.15, -0.1) is 0 Å². The van der Waals surface area contributed by atoms with Crippen molar-refractivity contribution in [3.63, 3.8) is 0 Å². The Balaban J connectivity index is 1.93. The van der Waals surface area contributed by atoms with Gasteiger partial charge in [-0.05, 0) is 43.9 Å². The van der Waals surface area contributed by atoms with E-state index in [1.807, 2.05) is 32.0 Å². The Kier molecular flexibility index (Phi) is 5.12. The topological polar surface area (TPSA) is 41.1 Å². The van der Waals surface area contributed by atoms with Gasteiger partial charge in [-0.2, -0.15) is 0 Å². The maximum atomic E-state index is 12.1. The number of carbonyl (C=O) groups excluding carboxylic acids is 1. The Morgan fingerprint density at radius 3 is 2.60 bits per heavy atom. The van der Waals surface area contributed by atoms with Gasteiger partial charge in [0, 0.05) is 11.7 Å². The summed E-state index contributed by atoms with van der Waals surface area (Å²) < 4.78 is 0. The maximum Gasteiger partial charge on any atom is 0.283 e. The largest absolute Gasteiger partial charge is 0.369 e. The highest BCUT2D eigenvalue weighted by Crippen LogP contribution is 2.19. The molecule has 20 heavy (non-hydrogen) atoms. The van der Waals surface area contributed by atoms with Crippen molar-refractivity contribution in [3.8, 4) is 0 Å². The van der Waals surface area contributed by atoms with Gasteiger partial charge in [-0.3, -0.25) is 4.79 Å². The minimum atomic E-state index is -0.209. The summed E-state index contributed by atoms with van der Waals surface area (Å²) in [4.78, 5) is 12.4. The van der Waals surface area contributed by atoms with Gasteiger partial charge < -0.3 is 10.6 Å². The first-order valence-electron chi connectivity index (χ1n) is 7.26. The molecule has 0 aromatic heterocycles. The average Bonchev–Trinajstić information content (AvgIpc) is 2.45. The lowest BCUT2D eigenvalue weighted by Crippen LogP contribution is -2.41. The van der Waals surface area contributed by atoms with Gasteiger partial charge in [0.2, 0.25) is 0 Å². The predicted octanol–water partition coefficient (Wildman–Crippen LogP) is 3.49. The Hall–Kier alpha value is -1.42. The Labute approximate surface area is 126 Å². The number of thiocarbonyl (C=S) groups is 1. The minimum absolute atomic E-state index is 0.209. The number of carbonyl (C=O) groups is 1. The van der Waals surface area contributed by atoms with Crippen LogP contribution in [0.5, 0.6) is 0 Å². The minimum Gasteiger partial charge on any atom is -0.369 e. The molecule has 0 heterocycles. The number of benzene rings is 1. The van der Waals surface area contributed by atoms with E-state index >= 15 is 0 Å². The SMILES string of the molecule is Cc1cccc(NC(=O)C(=S)NC2CCCCC2)c1C. The first-order chi connectivity index (χ1) is 9.58. The van der Waals surface area contributed by atoms with Gasteiger partial charge >= 0.3 is 0 Å². The Bertz CT molecular complexity index is 507. The van der Waals surface area contributed by atoms with E-state index in [0.29, 0.717) is 11.0 Å². The smallest absolute Gasteiger partial charge is 0.283 e. The second kappa shape index (κ2) is 6.84. The fraction of sp³-hybridized carbons (Fsp3) is 0.500. The summed E-state index contributed by atoms with van der Waals surface area (Å²) in [5.74, 6) is -0.209. The van der Waals surface area contributed by atoms with E-state index in [2.05, 4.69) is 10.6 Å². The van der Waals surface area contributed by atoms with Crippen molar-refractivity contribution in [3.05, 3.63) is 29.3 Å². The summed E-state index contributed by atoms with van der Waals surface area (Å²) >= 11 is 5.21. The fourth-order valence-corrected chi connectivity index (χ4v) is 2.78. The van der Waals surface area contributed by atoms with E-state index in [9.17, 15) is 4.79 Å². The van der Waals surface area contributed by atoms with Crippen molar-refractivity contribution in [2.24, 2.45) is 0 Å². The number of aryl methyl sites for hydroxylation is 1. The van der Waals surface area contributed by atoms with E-state index in [1.165, 1.54) is 19.3 Å². The highest BCUT2D eigenvalue weighted by atomic mass is 32.1. The summed E-state index contributed by atoms with van der Waals surface area (Å²) in [7, 11) is 0. The first-order valence-corrected chi connectivity index (χ1v) is 7.67. The van der Waals surface area contributed by atoms with Crippen molar-refractivity contribution in [2.45, 2.75) is 52.0 Å². The van der Waals surface area contributed by atoms with Crippen LogP contribution < -0.4 is 10.6 Å². The average molecular weight is 290 g/mol. The molecule has 1 aliphatic carbocycles. The molecule has 1 saturated carbocycles. The van der Waals surface area contributed by atoms with Crippen LogP contribution in [-0.4, -0.2) is 16.9 Å². The maximum absolute atomic E-state index is 12.1. The third-order valence-electron chi connectivity index (χ3n) is 4.00. The molecule has 0 spiro atoms. The highest BCUT2D eigenvalue weighted by molar-refractivity contribution is 7.82. The lowest BCUT2D eigenvalue weighted by Gasteiger charge is -2.23. The standard InChI is InChI=1S/C16H22N2OS/c1-11-7-6-10-14(12(11)2)18-15(19)16(20)17-13-8-4-3-5-9-13/h6-7,10,13H,3-5,8-9H2,1-2H3,(H,17,20)(H,18,19). The van der Waals surface area contributed by atoms with Crippen LogP contribution in [0.3, 0.4) is 0 Å². The number of amides is 1. The molecule has 1 aliphatic rings. The zero-order valence-corrected chi connectivity index (χ0v) is 13.0. The zero-order chi connectivity index (χ0) is 14.5. The molecule has 1 fully saturated rings. The van der Waals surface area contributed by atoms with Gasteiger partial charge in [0.05, 0.1) is 0 Å². The molecular formula is C16H22N2OS. The third kappa shape index (κ3) is 3.79.